The van der Waals surface area contributed by atoms with Gasteiger partial charge in [-0.3, -0.25) is 0 Å². The standard InChI is InChI=1S/C19H14Cl2N2O3/c20-18-17(24-10-12-4-2-1-3-5-12)19(21)23-16(22-18)9-13-6-7-14-15(8-13)26-11-25-14/h1-8H,9-11H2. The molecule has 3 aromatic rings. The van der Waals surface area contributed by atoms with Gasteiger partial charge < -0.3 is 14.2 Å². The molecule has 0 atom stereocenters. The topological polar surface area (TPSA) is 53.5 Å². The number of aromatic nitrogens is 2. The van der Waals surface area contributed by atoms with Gasteiger partial charge in [0, 0.05) is 6.42 Å². The van der Waals surface area contributed by atoms with Gasteiger partial charge in [-0.2, -0.15) is 0 Å². The van der Waals surface area contributed by atoms with E-state index in [9.17, 15) is 0 Å². The van der Waals surface area contributed by atoms with Crippen LogP contribution in [0.5, 0.6) is 17.2 Å². The van der Waals surface area contributed by atoms with Crippen molar-refractivity contribution in [2.24, 2.45) is 0 Å². The summed E-state index contributed by atoms with van der Waals surface area (Å²) in [5.41, 5.74) is 1.98. The van der Waals surface area contributed by atoms with Crippen molar-refractivity contribution in [2.75, 3.05) is 6.79 Å². The highest BCUT2D eigenvalue weighted by molar-refractivity contribution is 6.35. The van der Waals surface area contributed by atoms with Crippen LogP contribution in [-0.2, 0) is 13.0 Å². The van der Waals surface area contributed by atoms with Crippen LogP contribution in [-0.4, -0.2) is 16.8 Å². The molecule has 0 saturated carbocycles. The molecule has 0 fully saturated rings. The van der Waals surface area contributed by atoms with Crippen molar-refractivity contribution in [3.05, 3.63) is 75.8 Å². The van der Waals surface area contributed by atoms with Crippen molar-refractivity contribution in [2.45, 2.75) is 13.0 Å². The molecule has 1 aliphatic heterocycles. The van der Waals surface area contributed by atoms with Gasteiger partial charge in [0.1, 0.15) is 12.4 Å². The maximum absolute atomic E-state index is 6.26. The molecule has 7 heteroatoms. The van der Waals surface area contributed by atoms with Gasteiger partial charge in [-0.25, -0.2) is 9.97 Å². The minimum Gasteiger partial charge on any atom is -0.483 e. The first-order chi connectivity index (χ1) is 12.7. The maximum Gasteiger partial charge on any atom is 0.231 e. The summed E-state index contributed by atoms with van der Waals surface area (Å²) in [7, 11) is 0. The Hall–Kier alpha value is -2.50. The average Bonchev–Trinajstić information content (AvgIpc) is 3.10. The van der Waals surface area contributed by atoms with E-state index in [1.807, 2.05) is 48.5 Å². The lowest BCUT2D eigenvalue weighted by Crippen LogP contribution is -2.03. The van der Waals surface area contributed by atoms with E-state index in [1.165, 1.54) is 0 Å². The van der Waals surface area contributed by atoms with Crippen LogP contribution in [0.25, 0.3) is 0 Å². The van der Waals surface area contributed by atoms with E-state index < -0.39 is 0 Å². The lowest BCUT2D eigenvalue weighted by molar-refractivity contribution is 0.174. The Morgan fingerprint density at radius 1 is 0.885 bits per heavy atom. The molecule has 0 radical (unpaired) electrons. The molecule has 0 amide bonds. The molecule has 4 rings (SSSR count). The summed E-state index contributed by atoms with van der Waals surface area (Å²) in [6, 6.07) is 15.4. The third kappa shape index (κ3) is 3.69. The summed E-state index contributed by atoms with van der Waals surface area (Å²) in [4.78, 5) is 8.62. The summed E-state index contributed by atoms with van der Waals surface area (Å²) in [6.45, 7) is 0.575. The summed E-state index contributed by atoms with van der Waals surface area (Å²) in [6.07, 6.45) is 0.467. The van der Waals surface area contributed by atoms with Crippen molar-refractivity contribution in [3.8, 4) is 17.2 Å². The number of benzene rings is 2. The van der Waals surface area contributed by atoms with E-state index in [0.717, 1.165) is 16.9 Å². The first-order valence-electron chi connectivity index (χ1n) is 7.96. The number of rotatable bonds is 5. The van der Waals surface area contributed by atoms with Gasteiger partial charge in [0.15, 0.2) is 27.6 Å². The van der Waals surface area contributed by atoms with Gasteiger partial charge in [-0.15, -0.1) is 0 Å². The Kier molecular flexibility index (Phi) is 4.82. The third-order valence-corrected chi connectivity index (χ3v) is 4.37. The van der Waals surface area contributed by atoms with Crippen LogP contribution >= 0.6 is 23.2 Å². The number of fused-ring (bicyclic) bond motifs is 1. The first kappa shape index (κ1) is 16.9. The molecule has 0 N–H and O–H groups in total. The fraction of sp³-hybridized carbons (Fsp3) is 0.158. The highest BCUT2D eigenvalue weighted by atomic mass is 35.5. The second-order valence-electron chi connectivity index (χ2n) is 5.69. The molecule has 0 bridgehead atoms. The molecule has 5 nitrogen and oxygen atoms in total. The Morgan fingerprint density at radius 2 is 1.62 bits per heavy atom. The number of halogens is 2. The highest BCUT2D eigenvalue weighted by Crippen LogP contribution is 2.34. The second-order valence-corrected chi connectivity index (χ2v) is 6.41. The van der Waals surface area contributed by atoms with Crippen LogP contribution in [0.3, 0.4) is 0 Å². The van der Waals surface area contributed by atoms with Crippen molar-refractivity contribution < 1.29 is 14.2 Å². The molecule has 132 valence electrons. The average molecular weight is 389 g/mol. The molecular formula is C19H14Cl2N2O3. The Balaban J connectivity index is 1.50. The van der Waals surface area contributed by atoms with Gasteiger partial charge in [0.25, 0.3) is 0 Å². The summed E-state index contributed by atoms with van der Waals surface area (Å²) in [5, 5.41) is 0.383. The lowest BCUT2D eigenvalue weighted by atomic mass is 10.1. The van der Waals surface area contributed by atoms with Crippen LogP contribution in [0, 0.1) is 0 Å². The van der Waals surface area contributed by atoms with E-state index in [4.69, 9.17) is 37.4 Å². The predicted molar refractivity (Wildman–Crippen MR) is 98.2 cm³/mol. The minimum atomic E-state index is 0.191. The largest absolute Gasteiger partial charge is 0.483 e. The number of hydrogen-bond donors (Lipinski definition) is 0. The van der Waals surface area contributed by atoms with Crippen LogP contribution in [0.1, 0.15) is 17.0 Å². The minimum absolute atomic E-state index is 0.191. The molecule has 2 aromatic carbocycles. The highest BCUT2D eigenvalue weighted by Gasteiger charge is 2.16. The van der Waals surface area contributed by atoms with E-state index in [2.05, 4.69) is 9.97 Å². The van der Waals surface area contributed by atoms with Crippen LogP contribution in [0.2, 0.25) is 10.3 Å². The first-order valence-corrected chi connectivity index (χ1v) is 8.72. The van der Waals surface area contributed by atoms with Crippen LogP contribution in [0.15, 0.2) is 48.5 Å². The van der Waals surface area contributed by atoms with Crippen LogP contribution in [0.4, 0.5) is 0 Å². The SMILES string of the molecule is Clc1nc(Cc2ccc3c(c2)OCO3)nc(Cl)c1OCc1ccccc1. The van der Waals surface area contributed by atoms with Crippen LogP contribution < -0.4 is 14.2 Å². The normalized spacial score (nSPS) is 12.2. The van der Waals surface area contributed by atoms with Gasteiger partial charge in [-0.1, -0.05) is 59.6 Å². The smallest absolute Gasteiger partial charge is 0.231 e. The fourth-order valence-corrected chi connectivity index (χ4v) is 3.13. The van der Waals surface area contributed by atoms with E-state index in [1.54, 1.807) is 0 Å². The summed E-state index contributed by atoms with van der Waals surface area (Å²) in [5.74, 6) is 2.23. The zero-order chi connectivity index (χ0) is 17.9. The Bertz CT molecular complexity index is 912. The predicted octanol–water partition coefficient (Wildman–Crippen LogP) is 4.68. The van der Waals surface area contributed by atoms with E-state index >= 15 is 0 Å². The zero-order valence-electron chi connectivity index (χ0n) is 13.6. The second kappa shape index (κ2) is 7.40. The van der Waals surface area contributed by atoms with Crippen molar-refractivity contribution in [1.82, 2.24) is 9.97 Å². The van der Waals surface area contributed by atoms with Crippen molar-refractivity contribution in [1.29, 1.82) is 0 Å². The van der Waals surface area contributed by atoms with Gasteiger partial charge in [-0.05, 0) is 23.3 Å². The van der Waals surface area contributed by atoms with Gasteiger partial charge in [0.2, 0.25) is 6.79 Å². The molecule has 0 saturated heterocycles. The monoisotopic (exact) mass is 388 g/mol. The third-order valence-electron chi connectivity index (χ3n) is 3.85. The summed E-state index contributed by atoms with van der Waals surface area (Å²) >= 11 is 12.5. The number of hydrogen-bond acceptors (Lipinski definition) is 5. The Morgan fingerprint density at radius 3 is 2.38 bits per heavy atom. The molecular weight excluding hydrogens is 375 g/mol. The fourth-order valence-electron chi connectivity index (χ4n) is 2.60. The number of nitrogens with zero attached hydrogens (tertiary/aromatic N) is 2. The molecule has 2 heterocycles. The molecule has 0 spiro atoms. The van der Waals surface area contributed by atoms with Crippen molar-refractivity contribution in [3.63, 3.8) is 0 Å². The van der Waals surface area contributed by atoms with Gasteiger partial charge >= 0.3 is 0 Å². The molecule has 1 aromatic heterocycles. The summed E-state index contributed by atoms with van der Waals surface area (Å²) < 4.78 is 16.4. The molecule has 1 aliphatic rings. The van der Waals surface area contributed by atoms with Gasteiger partial charge in [0.05, 0.1) is 0 Å². The molecule has 26 heavy (non-hydrogen) atoms. The molecule has 0 unspecified atom stereocenters. The van der Waals surface area contributed by atoms with E-state index in [-0.39, 0.29) is 22.8 Å². The quantitative estimate of drug-likeness (QED) is 0.593. The zero-order valence-corrected chi connectivity index (χ0v) is 15.1. The van der Waals surface area contributed by atoms with E-state index in [0.29, 0.717) is 24.6 Å². The Labute approximate surface area is 160 Å². The maximum atomic E-state index is 6.26. The number of ether oxygens (including phenoxy) is 3. The lowest BCUT2D eigenvalue weighted by Gasteiger charge is -2.10. The molecule has 0 aliphatic carbocycles. The van der Waals surface area contributed by atoms with Crippen molar-refractivity contribution >= 4 is 23.2 Å².